The fourth-order valence-corrected chi connectivity index (χ4v) is 0. The van der Waals surface area contributed by atoms with Gasteiger partial charge in [-0.1, -0.05) is 6.58 Å². The molecule has 1 amide bonds. The van der Waals surface area contributed by atoms with Gasteiger partial charge in [0.15, 0.2) is 0 Å². The number of amides is 1. The van der Waals surface area contributed by atoms with Crippen molar-refractivity contribution in [3.05, 3.63) is 12.7 Å². The Morgan fingerprint density at radius 1 is 1.83 bits per heavy atom. The summed E-state index contributed by atoms with van der Waals surface area (Å²) in [5.74, 6) is -0.481. The minimum absolute atomic E-state index is 0. The minimum atomic E-state index is -0.481. The third-order valence-electron chi connectivity index (χ3n) is 0.201. The zero-order valence-corrected chi connectivity index (χ0v) is 5.09. The van der Waals surface area contributed by atoms with Crippen LogP contribution in [0.1, 0.15) is 0 Å². The van der Waals surface area contributed by atoms with E-state index in [1.165, 1.54) is 0 Å². The molecule has 33 valence electrons. The van der Waals surface area contributed by atoms with Crippen molar-refractivity contribution in [2.75, 3.05) is 0 Å². The van der Waals surface area contributed by atoms with Crippen LogP contribution in [0.25, 0.3) is 0 Å². The molecule has 6 heavy (non-hydrogen) atoms. The molecule has 0 fully saturated rings. The third kappa shape index (κ3) is 9.24. The van der Waals surface area contributed by atoms with E-state index in [1.54, 1.807) is 0 Å². The SMILES string of the molecule is C=CC(N)=O.[As]. The number of carbonyl (C=O) groups excluding carboxylic acids is 1. The van der Waals surface area contributed by atoms with E-state index < -0.39 is 5.91 Å². The van der Waals surface area contributed by atoms with E-state index in [-0.39, 0.29) is 18.0 Å². The van der Waals surface area contributed by atoms with Crippen LogP contribution < -0.4 is 5.73 Å². The topological polar surface area (TPSA) is 43.1 Å². The molecule has 0 unspecified atom stereocenters. The first kappa shape index (κ1) is 9.24. The molecule has 0 aliphatic heterocycles. The Morgan fingerprint density at radius 2 is 2.00 bits per heavy atom. The molecule has 3 heteroatoms. The predicted molar refractivity (Wildman–Crippen MR) is 25.1 cm³/mol. The third-order valence-corrected chi connectivity index (χ3v) is 0.201. The number of hydrogen-bond acceptors (Lipinski definition) is 1. The fourth-order valence-electron chi connectivity index (χ4n) is 0. The molecule has 3 radical (unpaired) electrons. The van der Waals surface area contributed by atoms with Crippen molar-refractivity contribution in [1.29, 1.82) is 0 Å². The van der Waals surface area contributed by atoms with Crippen molar-refractivity contribution < 1.29 is 4.79 Å². The van der Waals surface area contributed by atoms with E-state index in [0.717, 1.165) is 6.08 Å². The average Bonchev–Trinajstić information content (AvgIpc) is 1.38. The van der Waals surface area contributed by atoms with Crippen molar-refractivity contribution in [2.24, 2.45) is 5.73 Å². The van der Waals surface area contributed by atoms with Crippen molar-refractivity contribution in [3.8, 4) is 0 Å². The van der Waals surface area contributed by atoms with E-state index in [1.807, 2.05) is 0 Å². The molecule has 0 spiro atoms. The Kier molecular flexibility index (Phi) is 7.34. The largest absolute Gasteiger partial charge is 0.366 e. The van der Waals surface area contributed by atoms with E-state index in [2.05, 4.69) is 12.3 Å². The average molecular weight is 146 g/mol. The van der Waals surface area contributed by atoms with Crippen LogP contribution in [0.15, 0.2) is 12.7 Å². The number of rotatable bonds is 1. The van der Waals surface area contributed by atoms with E-state index in [0.29, 0.717) is 0 Å². The molecular weight excluding hydrogens is 141 g/mol. The van der Waals surface area contributed by atoms with Gasteiger partial charge in [0, 0.05) is 18.0 Å². The van der Waals surface area contributed by atoms with Gasteiger partial charge in [0.25, 0.3) is 0 Å². The molecule has 0 aliphatic rings. The maximum Gasteiger partial charge on any atom is 0.240 e. The summed E-state index contributed by atoms with van der Waals surface area (Å²) in [6.07, 6.45) is 1.06. The van der Waals surface area contributed by atoms with Crippen LogP contribution in [0, 0.1) is 0 Å². The normalized spacial score (nSPS) is 5.33. The smallest absolute Gasteiger partial charge is 0.240 e. The van der Waals surface area contributed by atoms with Crippen molar-refractivity contribution in [1.82, 2.24) is 0 Å². The maximum absolute atomic E-state index is 9.47. The molecule has 0 saturated heterocycles. The van der Waals surface area contributed by atoms with Gasteiger partial charge in [-0.15, -0.1) is 0 Å². The molecule has 0 rings (SSSR count). The molecule has 0 bridgehead atoms. The zero-order chi connectivity index (χ0) is 4.28. The molecule has 0 heterocycles. The van der Waals surface area contributed by atoms with E-state index in [4.69, 9.17) is 0 Å². The van der Waals surface area contributed by atoms with Gasteiger partial charge in [0.1, 0.15) is 0 Å². The first-order chi connectivity index (χ1) is 2.27. The predicted octanol–water partition coefficient (Wildman–Crippen LogP) is -0.723. The molecule has 0 aromatic carbocycles. The summed E-state index contributed by atoms with van der Waals surface area (Å²) in [7, 11) is 0. The summed E-state index contributed by atoms with van der Waals surface area (Å²) >= 11 is 0. The van der Waals surface area contributed by atoms with Crippen LogP contribution in [0.4, 0.5) is 0 Å². The Hall–Kier alpha value is -0.232. The van der Waals surface area contributed by atoms with E-state index in [9.17, 15) is 4.79 Å². The van der Waals surface area contributed by atoms with Gasteiger partial charge in [0.2, 0.25) is 5.91 Å². The monoisotopic (exact) mass is 146 g/mol. The van der Waals surface area contributed by atoms with Gasteiger partial charge >= 0.3 is 0 Å². The van der Waals surface area contributed by atoms with Gasteiger partial charge in [-0.3, -0.25) is 4.79 Å². The number of nitrogens with two attached hydrogens (primary N) is 1. The summed E-state index contributed by atoms with van der Waals surface area (Å²) in [5, 5.41) is 0. The second-order valence-corrected chi connectivity index (χ2v) is 0.606. The summed E-state index contributed by atoms with van der Waals surface area (Å²) in [5.41, 5.74) is 4.53. The molecule has 0 aliphatic carbocycles. The zero-order valence-electron chi connectivity index (χ0n) is 3.22. The van der Waals surface area contributed by atoms with Crippen molar-refractivity contribution in [3.63, 3.8) is 0 Å². The molecule has 0 aromatic rings. The Labute approximate surface area is 47.7 Å². The fraction of sp³-hybridized carbons (Fsp3) is 0. The second kappa shape index (κ2) is 4.77. The Balaban J connectivity index is 0. The summed E-state index contributed by atoms with van der Waals surface area (Å²) in [4.78, 5) is 9.47. The number of hydrogen-bond donors (Lipinski definition) is 1. The van der Waals surface area contributed by atoms with Crippen molar-refractivity contribution in [2.45, 2.75) is 0 Å². The van der Waals surface area contributed by atoms with Crippen LogP contribution in [-0.4, -0.2) is 23.9 Å². The van der Waals surface area contributed by atoms with Gasteiger partial charge in [-0.05, 0) is 6.08 Å². The summed E-state index contributed by atoms with van der Waals surface area (Å²) in [6, 6.07) is 0. The van der Waals surface area contributed by atoms with Gasteiger partial charge in [-0.25, -0.2) is 0 Å². The minimum Gasteiger partial charge on any atom is -0.366 e. The van der Waals surface area contributed by atoms with Gasteiger partial charge in [-0.2, -0.15) is 0 Å². The van der Waals surface area contributed by atoms with E-state index >= 15 is 0 Å². The number of primary amides is 1. The summed E-state index contributed by atoms with van der Waals surface area (Å²) in [6.45, 7) is 3.09. The molecular formula is C3H5AsNO. The Bertz CT molecular complexity index is 61.8. The van der Waals surface area contributed by atoms with Gasteiger partial charge < -0.3 is 5.73 Å². The van der Waals surface area contributed by atoms with Crippen LogP contribution in [0.2, 0.25) is 0 Å². The molecule has 0 saturated carbocycles. The standard InChI is InChI=1S/C3H5NO.As/c1-2-3(4)5;/h2H,1H2,(H2,4,5);. The first-order valence-corrected chi connectivity index (χ1v) is 1.19. The molecule has 2 nitrogen and oxygen atoms in total. The first-order valence-electron chi connectivity index (χ1n) is 1.19. The van der Waals surface area contributed by atoms with Crippen LogP contribution in [0.3, 0.4) is 0 Å². The number of carbonyl (C=O) groups is 1. The quantitative estimate of drug-likeness (QED) is 0.385. The van der Waals surface area contributed by atoms with Gasteiger partial charge in [0.05, 0.1) is 0 Å². The summed E-state index contributed by atoms with van der Waals surface area (Å²) < 4.78 is 0. The van der Waals surface area contributed by atoms with Crippen LogP contribution >= 0.6 is 0 Å². The molecule has 2 N–H and O–H groups in total. The molecule has 0 atom stereocenters. The molecule has 0 aromatic heterocycles. The second-order valence-electron chi connectivity index (χ2n) is 0.606. The van der Waals surface area contributed by atoms with Crippen LogP contribution in [0.5, 0.6) is 0 Å². The maximum atomic E-state index is 9.47. The van der Waals surface area contributed by atoms with Crippen LogP contribution in [-0.2, 0) is 4.79 Å². The Morgan fingerprint density at radius 3 is 2.00 bits per heavy atom. The van der Waals surface area contributed by atoms with Crippen molar-refractivity contribution >= 4 is 23.9 Å².